The fraction of sp³-hybridized carbons (Fsp3) is 0.684. The minimum absolute atomic E-state index is 0.109. The van der Waals surface area contributed by atoms with Gasteiger partial charge < -0.3 is 18.9 Å². The fourth-order valence-corrected chi connectivity index (χ4v) is 2.96. The molecule has 0 bridgehead atoms. The summed E-state index contributed by atoms with van der Waals surface area (Å²) in [7, 11) is 0. The lowest BCUT2D eigenvalue weighted by Crippen LogP contribution is -2.41. The third kappa shape index (κ3) is 10.6. The second kappa shape index (κ2) is 11.9. The van der Waals surface area contributed by atoms with E-state index < -0.39 is 73.6 Å². The minimum Gasteiger partial charge on any atom is -0.462 e. The second-order valence-corrected chi connectivity index (χ2v) is 7.25. The molecule has 33 heavy (non-hydrogen) atoms. The number of esters is 4. The van der Waals surface area contributed by atoms with Crippen molar-refractivity contribution in [3.8, 4) is 0 Å². The van der Waals surface area contributed by atoms with E-state index in [1.807, 2.05) is 0 Å². The zero-order valence-corrected chi connectivity index (χ0v) is 17.4. The van der Waals surface area contributed by atoms with Crippen molar-refractivity contribution in [1.29, 1.82) is 0 Å². The van der Waals surface area contributed by atoms with Crippen LogP contribution in [0.5, 0.6) is 0 Å². The first-order valence-electron chi connectivity index (χ1n) is 9.56. The van der Waals surface area contributed by atoms with Crippen LogP contribution < -0.4 is 0 Å². The molecule has 188 valence electrons. The number of carbonyl (C=O) groups excluding carboxylic acids is 4. The number of carbonyl (C=O) groups is 4. The molecule has 0 N–H and O–H groups in total. The van der Waals surface area contributed by atoms with Crippen LogP contribution >= 0.6 is 0 Å². The van der Waals surface area contributed by atoms with E-state index in [1.165, 1.54) is 6.92 Å². The molecule has 14 heteroatoms. The maximum Gasteiger partial charge on any atom is 0.422 e. The first-order valence-corrected chi connectivity index (χ1v) is 9.56. The highest BCUT2D eigenvalue weighted by Crippen LogP contribution is 2.37. The maximum absolute atomic E-state index is 12.4. The van der Waals surface area contributed by atoms with Gasteiger partial charge in [-0.15, -0.1) is 0 Å². The lowest BCUT2D eigenvalue weighted by atomic mass is 9.74. The van der Waals surface area contributed by atoms with Gasteiger partial charge in [-0.3, -0.25) is 14.4 Å². The van der Waals surface area contributed by atoms with E-state index in [9.17, 15) is 45.5 Å². The van der Waals surface area contributed by atoms with Gasteiger partial charge >= 0.3 is 36.2 Å². The molecule has 1 saturated carbocycles. The molecule has 8 nitrogen and oxygen atoms in total. The van der Waals surface area contributed by atoms with Gasteiger partial charge in [0.2, 0.25) is 0 Å². The van der Waals surface area contributed by atoms with Crippen molar-refractivity contribution in [2.75, 3.05) is 26.4 Å². The Morgan fingerprint density at radius 1 is 0.758 bits per heavy atom. The molecule has 0 saturated heterocycles. The van der Waals surface area contributed by atoms with Crippen LogP contribution in [0.15, 0.2) is 12.2 Å². The third-order valence-corrected chi connectivity index (χ3v) is 4.45. The van der Waals surface area contributed by atoms with Crippen LogP contribution in [0, 0.1) is 17.8 Å². The molecule has 0 amide bonds. The Balaban J connectivity index is 2.78. The largest absolute Gasteiger partial charge is 0.462 e. The van der Waals surface area contributed by atoms with Crippen molar-refractivity contribution in [3.63, 3.8) is 0 Å². The molecule has 0 aromatic heterocycles. The van der Waals surface area contributed by atoms with Crippen LogP contribution in [0.4, 0.5) is 26.3 Å². The van der Waals surface area contributed by atoms with Crippen LogP contribution in [0.1, 0.15) is 26.2 Å². The van der Waals surface area contributed by atoms with Gasteiger partial charge in [0.1, 0.15) is 13.2 Å². The Labute approximate surface area is 184 Å². The average molecular weight is 492 g/mol. The molecule has 0 aromatic carbocycles. The van der Waals surface area contributed by atoms with E-state index in [2.05, 4.69) is 16.1 Å². The van der Waals surface area contributed by atoms with Crippen molar-refractivity contribution in [1.82, 2.24) is 0 Å². The summed E-state index contributed by atoms with van der Waals surface area (Å²) < 4.78 is 91.9. The number of hydrogen-bond acceptors (Lipinski definition) is 8. The first-order chi connectivity index (χ1) is 15.1. The molecular weight excluding hydrogens is 470 g/mol. The molecule has 0 heterocycles. The van der Waals surface area contributed by atoms with Crippen molar-refractivity contribution >= 4 is 23.9 Å². The summed E-state index contributed by atoms with van der Waals surface area (Å²) in [5, 5.41) is 0. The molecular formula is C19H22F6O8. The van der Waals surface area contributed by atoms with Gasteiger partial charge in [-0.05, 0) is 26.2 Å². The lowest BCUT2D eigenvalue weighted by molar-refractivity contribution is -0.199. The molecule has 3 atom stereocenters. The van der Waals surface area contributed by atoms with E-state index in [0.29, 0.717) is 0 Å². The zero-order valence-electron chi connectivity index (χ0n) is 17.4. The van der Waals surface area contributed by atoms with E-state index in [4.69, 9.17) is 9.47 Å². The van der Waals surface area contributed by atoms with Crippen molar-refractivity contribution in [2.45, 2.75) is 38.5 Å². The Morgan fingerprint density at radius 2 is 1.24 bits per heavy atom. The van der Waals surface area contributed by atoms with Gasteiger partial charge in [-0.2, -0.15) is 26.3 Å². The van der Waals surface area contributed by atoms with Crippen molar-refractivity contribution in [2.24, 2.45) is 17.8 Å². The predicted molar refractivity (Wildman–Crippen MR) is 95.1 cm³/mol. The van der Waals surface area contributed by atoms with Crippen LogP contribution in [0.2, 0.25) is 0 Å². The van der Waals surface area contributed by atoms with Crippen molar-refractivity contribution < 1.29 is 64.5 Å². The number of ether oxygens (including phenoxy) is 4. The van der Waals surface area contributed by atoms with E-state index in [-0.39, 0.29) is 31.6 Å². The maximum atomic E-state index is 12.4. The summed E-state index contributed by atoms with van der Waals surface area (Å²) >= 11 is 0. The zero-order chi connectivity index (χ0) is 25.4. The van der Waals surface area contributed by atoms with Gasteiger partial charge in [0.05, 0.1) is 17.8 Å². The van der Waals surface area contributed by atoms with Gasteiger partial charge in [0, 0.05) is 5.57 Å². The number of rotatable bonds is 9. The molecule has 0 spiro atoms. The number of alkyl halides is 6. The topological polar surface area (TPSA) is 105 Å². The smallest absolute Gasteiger partial charge is 0.422 e. The van der Waals surface area contributed by atoms with Crippen LogP contribution in [0.25, 0.3) is 0 Å². The van der Waals surface area contributed by atoms with E-state index >= 15 is 0 Å². The average Bonchev–Trinajstić information content (AvgIpc) is 2.71. The van der Waals surface area contributed by atoms with Crippen molar-refractivity contribution in [3.05, 3.63) is 12.2 Å². The molecule has 3 unspecified atom stereocenters. The van der Waals surface area contributed by atoms with Crippen LogP contribution in [-0.4, -0.2) is 62.7 Å². The molecule has 1 aliphatic carbocycles. The summed E-state index contributed by atoms with van der Waals surface area (Å²) in [6.07, 6.45) is -10.7. The van der Waals surface area contributed by atoms with Gasteiger partial charge in [0.25, 0.3) is 0 Å². The Morgan fingerprint density at radius 3 is 1.73 bits per heavy atom. The molecule has 0 radical (unpaired) electrons. The highest BCUT2D eigenvalue weighted by Gasteiger charge is 2.45. The molecule has 1 rings (SSSR count). The summed E-state index contributed by atoms with van der Waals surface area (Å²) in [5.41, 5.74) is 0.109. The summed E-state index contributed by atoms with van der Waals surface area (Å²) in [5.74, 6) is -8.81. The molecule has 1 aliphatic rings. The lowest BCUT2D eigenvalue weighted by Gasteiger charge is -2.32. The summed E-state index contributed by atoms with van der Waals surface area (Å²) in [4.78, 5) is 47.7. The van der Waals surface area contributed by atoms with Gasteiger partial charge in [-0.1, -0.05) is 6.58 Å². The monoisotopic (exact) mass is 492 g/mol. The second-order valence-electron chi connectivity index (χ2n) is 7.25. The Bertz CT molecular complexity index is 746. The SMILES string of the molecule is C=C(C)C(=O)OCCOC(=O)C1CCC(C(=O)OCC(F)(F)F)C(C(=O)OCC(F)(F)F)C1. The highest BCUT2D eigenvalue weighted by atomic mass is 19.4. The predicted octanol–water partition coefficient (Wildman–Crippen LogP) is 2.89. The van der Waals surface area contributed by atoms with Crippen LogP contribution in [0.3, 0.4) is 0 Å². The van der Waals surface area contributed by atoms with Gasteiger partial charge in [0.15, 0.2) is 13.2 Å². The summed E-state index contributed by atoms with van der Waals surface area (Å²) in [6, 6.07) is 0. The Kier molecular flexibility index (Phi) is 10.2. The standard InChI is InChI=1S/C19H22F6O8/c1-10(2)14(26)30-5-6-31-15(27)11-3-4-12(16(28)32-8-18(20,21)22)13(7-11)17(29)33-9-19(23,24)25/h11-13H,1,3-9H2,2H3. The molecule has 0 aliphatic heterocycles. The minimum atomic E-state index is -4.88. The number of hydrogen-bond donors (Lipinski definition) is 0. The van der Waals surface area contributed by atoms with Crippen LogP contribution in [-0.2, 0) is 38.1 Å². The Hall–Kier alpha value is -2.80. The van der Waals surface area contributed by atoms with E-state index in [0.717, 1.165) is 0 Å². The first kappa shape index (κ1) is 28.2. The third-order valence-electron chi connectivity index (χ3n) is 4.45. The normalized spacial score (nSPS) is 21.0. The molecule has 0 aromatic rings. The van der Waals surface area contributed by atoms with E-state index in [1.54, 1.807) is 0 Å². The number of halogens is 6. The van der Waals surface area contributed by atoms with Gasteiger partial charge in [-0.25, -0.2) is 4.79 Å². The molecule has 1 fully saturated rings. The quantitative estimate of drug-likeness (QED) is 0.159. The summed E-state index contributed by atoms with van der Waals surface area (Å²) in [6.45, 7) is 0.144. The highest BCUT2D eigenvalue weighted by molar-refractivity contribution is 5.87. The fourth-order valence-electron chi connectivity index (χ4n) is 2.96.